The van der Waals surface area contributed by atoms with Gasteiger partial charge in [0.1, 0.15) is 5.75 Å². The van der Waals surface area contributed by atoms with Gasteiger partial charge in [-0.25, -0.2) is 0 Å². The molecule has 0 spiro atoms. The third-order valence-corrected chi connectivity index (χ3v) is 3.01. The second-order valence-corrected chi connectivity index (χ2v) is 4.78. The third kappa shape index (κ3) is 4.84. The summed E-state index contributed by atoms with van der Waals surface area (Å²) in [4.78, 5) is 11.9. The highest BCUT2D eigenvalue weighted by atomic mass is 16.5. The number of benzene rings is 2. The molecule has 2 aromatic carbocycles. The molecule has 0 radical (unpaired) electrons. The van der Waals surface area contributed by atoms with E-state index < -0.39 is 0 Å². The van der Waals surface area contributed by atoms with E-state index in [1.807, 2.05) is 49.4 Å². The van der Waals surface area contributed by atoms with Gasteiger partial charge in [0.05, 0.1) is 13.0 Å². The summed E-state index contributed by atoms with van der Waals surface area (Å²) in [5.74, 6) is 0.794. The van der Waals surface area contributed by atoms with E-state index >= 15 is 0 Å². The second-order valence-electron chi connectivity index (χ2n) is 4.78. The molecule has 0 atom stereocenters. The van der Waals surface area contributed by atoms with Gasteiger partial charge in [0.25, 0.3) is 0 Å². The minimum Gasteiger partial charge on any atom is -0.494 e. The van der Waals surface area contributed by atoms with Crippen LogP contribution in [0.3, 0.4) is 0 Å². The van der Waals surface area contributed by atoms with Gasteiger partial charge in [-0.1, -0.05) is 24.3 Å². The molecule has 0 aliphatic heterocycles. The predicted octanol–water partition coefficient (Wildman–Crippen LogP) is 2.53. The lowest BCUT2D eigenvalue weighted by atomic mass is 10.1. The van der Waals surface area contributed by atoms with Crippen molar-refractivity contribution in [2.24, 2.45) is 0 Å². The van der Waals surface area contributed by atoms with Crippen molar-refractivity contribution in [1.82, 2.24) is 5.32 Å². The molecule has 0 saturated carbocycles. The zero-order valence-electron chi connectivity index (χ0n) is 12.1. The van der Waals surface area contributed by atoms with Crippen molar-refractivity contribution >= 4 is 11.6 Å². The van der Waals surface area contributed by atoms with Crippen LogP contribution >= 0.6 is 0 Å². The summed E-state index contributed by atoms with van der Waals surface area (Å²) >= 11 is 0. The Labute approximate surface area is 124 Å². The highest BCUT2D eigenvalue weighted by Gasteiger charge is 2.04. The van der Waals surface area contributed by atoms with E-state index in [-0.39, 0.29) is 5.91 Å². The maximum absolute atomic E-state index is 11.9. The lowest BCUT2D eigenvalue weighted by Crippen LogP contribution is -2.24. The number of hydrogen-bond donors (Lipinski definition) is 2. The van der Waals surface area contributed by atoms with Gasteiger partial charge in [-0.2, -0.15) is 0 Å². The van der Waals surface area contributed by atoms with Crippen LogP contribution in [0.25, 0.3) is 0 Å². The summed E-state index contributed by atoms with van der Waals surface area (Å²) in [6.07, 6.45) is 0.330. The second kappa shape index (κ2) is 7.33. The quantitative estimate of drug-likeness (QED) is 0.801. The van der Waals surface area contributed by atoms with Crippen LogP contribution in [0, 0.1) is 0 Å². The summed E-state index contributed by atoms with van der Waals surface area (Å²) < 4.78 is 5.44. The maximum Gasteiger partial charge on any atom is 0.224 e. The minimum atomic E-state index is -0.0255. The number of carbonyl (C=O) groups is 1. The van der Waals surface area contributed by atoms with Gasteiger partial charge in [-0.15, -0.1) is 0 Å². The fraction of sp³-hybridized carbons (Fsp3) is 0.235. The maximum atomic E-state index is 11.9. The van der Waals surface area contributed by atoms with E-state index in [0.717, 1.165) is 16.9 Å². The SMILES string of the molecule is CCOc1cccc(CNC(=O)Cc2cccc(N)c2)c1. The molecule has 4 heteroatoms. The van der Waals surface area contributed by atoms with Crippen molar-refractivity contribution < 1.29 is 9.53 Å². The summed E-state index contributed by atoms with van der Waals surface area (Å²) in [6.45, 7) is 3.06. The number of ether oxygens (including phenoxy) is 1. The van der Waals surface area contributed by atoms with Crippen LogP contribution in [0.4, 0.5) is 5.69 Å². The lowest BCUT2D eigenvalue weighted by Gasteiger charge is -2.08. The Morgan fingerprint density at radius 2 is 1.90 bits per heavy atom. The van der Waals surface area contributed by atoms with Crippen LogP contribution in [0.1, 0.15) is 18.1 Å². The molecule has 110 valence electrons. The van der Waals surface area contributed by atoms with Gasteiger partial charge in [-0.05, 0) is 42.3 Å². The molecule has 0 aliphatic rings. The first-order valence-electron chi connectivity index (χ1n) is 7.00. The average molecular weight is 284 g/mol. The summed E-state index contributed by atoms with van der Waals surface area (Å²) in [7, 11) is 0. The van der Waals surface area contributed by atoms with Crippen LogP contribution in [-0.4, -0.2) is 12.5 Å². The topological polar surface area (TPSA) is 64.3 Å². The Kier molecular flexibility index (Phi) is 5.21. The summed E-state index contributed by atoms with van der Waals surface area (Å²) in [5.41, 5.74) is 8.30. The first kappa shape index (κ1) is 14.9. The normalized spacial score (nSPS) is 10.1. The number of nitrogens with two attached hydrogens (primary N) is 1. The van der Waals surface area contributed by atoms with Gasteiger partial charge in [0.15, 0.2) is 0 Å². The van der Waals surface area contributed by atoms with E-state index in [1.165, 1.54) is 0 Å². The molecule has 2 aromatic rings. The Balaban J connectivity index is 1.87. The molecule has 0 heterocycles. The molecule has 4 nitrogen and oxygen atoms in total. The lowest BCUT2D eigenvalue weighted by molar-refractivity contribution is -0.120. The third-order valence-electron chi connectivity index (χ3n) is 3.01. The van der Waals surface area contributed by atoms with Crippen molar-refractivity contribution in [2.75, 3.05) is 12.3 Å². The number of nitrogen functional groups attached to an aromatic ring is 1. The van der Waals surface area contributed by atoms with Crippen LogP contribution < -0.4 is 15.8 Å². The molecule has 0 saturated heterocycles. The molecule has 0 bridgehead atoms. The number of rotatable bonds is 6. The Morgan fingerprint density at radius 1 is 1.14 bits per heavy atom. The average Bonchev–Trinajstić information content (AvgIpc) is 2.46. The van der Waals surface area contributed by atoms with Gasteiger partial charge >= 0.3 is 0 Å². The molecule has 0 aromatic heterocycles. The van der Waals surface area contributed by atoms with E-state index in [4.69, 9.17) is 10.5 Å². The highest BCUT2D eigenvalue weighted by Crippen LogP contribution is 2.13. The monoisotopic (exact) mass is 284 g/mol. The molecule has 0 aliphatic carbocycles. The largest absolute Gasteiger partial charge is 0.494 e. The Hall–Kier alpha value is -2.49. The fourth-order valence-corrected chi connectivity index (χ4v) is 2.06. The van der Waals surface area contributed by atoms with Crippen molar-refractivity contribution in [3.63, 3.8) is 0 Å². The van der Waals surface area contributed by atoms with Gasteiger partial charge in [0, 0.05) is 12.2 Å². The molecule has 0 unspecified atom stereocenters. The molecule has 2 rings (SSSR count). The van der Waals surface area contributed by atoms with Gasteiger partial charge < -0.3 is 15.8 Å². The number of carbonyl (C=O) groups excluding carboxylic acids is 1. The number of amides is 1. The molecule has 1 amide bonds. The first-order valence-corrected chi connectivity index (χ1v) is 7.00. The van der Waals surface area contributed by atoms with Crippen molar-refractivity contribution in [1.29, 1.82) is 0 Å². The number of hydrogen-bond acceptors (Lipinski definition) is 3. The Morgan fingerprint density at radius 3 is 2.67 bits per heavy atom. The van der Waals surface area contributed by atoms with Crippen molar-refractivity contribution in [2.45, 2.75) is 19.9 Å². The molecule has 3 N–H and O–H groups in total. The smallest absolute Gasteiger partial charge is 0.224 e. The standard InChI is InChI=1S/C17H20N2O2/c1-2-21-16-8-4-6-14(10-16)12-19-17(20)11-13-5-3-7-15(18)9-13/h3-10H,2,11-12,18H2,1H3,(H,19,20). The molecular weight excluding hydrogens is 264 g/mol. The van der Waals surface area contributed by atoms with Gasteiger partial charge in [-0.3, -0.25) is 4.79 Å². The fourth-order valence-electron chi connectivity index (χ4n) is 2.06. The Bertz CT molecular complexity index is 611. The zero-order chi connectivity index (χ0) is 15.1. The van der Waals surface area contributed by atoms with E-state index in [0.29, 0.717) is 25.3 Å². The van der Waals surface area contributed by atoms with Crippen molar-refractivity contribution in [3.05, 3.63) is 59.7 Å². The van der Waals surface area contributed by atoms with Crippen LogP contribution in [0.5, 0.6) is 5.75 Å². The number of anilines is 1. The predicted molar refractivity (Wildman–Crippen MR) is 84.0 cm³/mol. The number of nitrogens with one attached hydrogen (secondary N) is 1. The molecular formula is C17H20N2O2. The van der Waals surface area contributed by atoms with Crippen molar-refractivity contribution in [3.8, 4) is 5.75 Å². The minimum absolute atomic E-state index is 0.0255. The van der Waals surface area contributed by atoms with E-state index in [2.05, 4.69) is 5.32 Å². The molecule has 0 fully saturated rings. The first-order chi connectivity index (χ1) is 10.2. The zero-order valence-corrected chi connectivity index (χ0v) is 12.1. The van der Waals surface area contributed by atoms with Crippen LogP contribution in [-0.2, 0) is 17.8 Å². The van der Waals surface area contributed by atoms with E-state index in [1.54, 1.807) is 6.07 Å². The van der Waals surface area contributed by atoms with E-state index in [9.17, 15) is 4.79 Å². The van der Waals surface area contributed by atoms with Gasteiger partial charge in [0.2, 0.25) is 5.91 Å². The summed E-state index contributed by atoms with van der Waals surface area (Å²) in [5, 5.41) is 2.90. The van der Waals surface area contributed by atoms with Crippen LogP contribution in [0.15, 0.2) is 48.5 Å². The molecule has 21 heavy (non-hydrogen) atoms. The summed E-state index contributed by atoms with van der Waals surface area (Å²) in [6, 6.07) is 15.1. The highest BCUT2D eigenvalue weighted by molar-refractivity contribution is 5.78. The van der Waals surface area contributed by atoms with Crippen LogP contribution in [0.2, 0.25) is 0 Å².